The van der Waals surface area contributed by atoms with Gasteiger partial charge in [-0.1, -0.05) is 17.7 Å². The molecular formula is C13H15ClO. The Hall–Kier alpha value is -1.08. The van der Waals surface area contributed by atoms with Gasteiger partial charge in [0.25, 0.3) is 0 Å². The van der Waals surface area contributed by atoms with E-state index in [1.54, 1.807) is 0 Å². The monoisotopic (exact) mass is 222 g/mol. The second-order valence-corrected chi connectivity index (χ2v) is 4.19. The van der Waals surface area contributed by atoms with E-state index in [4.69, 9.17) is 11.6 Å². The Kier molecular flexibility index (Phi) is 3.70. The summed E-state index contributed by atoms with van der Waals surface area (Å²) in [5.41, 5.74) is 5.67. The van der Waals surface area contributed by atoms with Crippen molar-refractivity contribution in [3.05, 3.63) is 40.0 Å². The predicted octanol–water partition coefficient (Wildman–Crippen LogP) is 3.70. The minimum atomic E-state index is 0.520. The lowest BCUT2D eigenvalue weighted by Crippen LogP contribution is -1.96. The fourth-order valence-corrected chi connectivity index (χ4v) is 2.05. The Morgan fingerprint density at radius 1 is 1.13 bits per heavy atom. The summed E-state index contributed by atoms with van der Waals surface area (Å²) < 4.78 is 0. The van der Waals surface area contributed by atoms with Crippen molar-refractivity contribution >= 4 is 22.9 Å². The highest BCUT2D eigenvalue weighted by molar-refractivity contribution is 6.50. The van der Waals surface area contributed by atoms with E-state index in [2.05, 4.69) is 19.9 Å². The maximum atomic E-state index is 10.4. The molecule has 1 rings (SSSR count). The van der Waals surface area contributed by atoms with Crippen LogP contribution in [0.25, 0.3) is 5.03 Å². The first kappa shape index (κ1) is 12.0. The zero-order valence-corrected chi connectivity index (χ0v) is 10.3. The number of hydrogen-bond acceptors (Lipinski definition) is 1. The van der Waals surface area contributed by atoms with Crippen LogP contribution in [0.1, 0.15) is 27.8 Å². The second-order valence-electron chi connectivity index (χ2n) is 3.79. The van der Waals surface area contributed by atoms with Crippen LogP contribution < -0.4 is 0 Å². The van der Waals surface area contributed by atoms with Gasteiger partial charge in [-0.25, -0.2) is 0 Å². The molecule has 0 aromatic heterocycles. The number of rotatable bonds is 2. The normalized spacial score (nSPS) is 11.7. The lowest BCUT2D eigenvalue weighted by Gasteiger charge is -2.14. The Labute approximate surface area is 95.8 Å². The van der Waals surface area contributed by atoms with E-state index >= 15 is 0 Å². The first-order valence-corrected chi connectivity index (χ1v) is 5.25. The van der Waals surface area contributed by atoms with Crippen LogP contribution in [-0.4, -0.2) is 6.29 Å². The molecule has 0 spiro atoms. The van der Waals surface area contributed by atoms with Gasteiger partial charge in [0.2, 0.25) is 0 Å². The molecule has 0 aliphatic rings. The minimum absolute atomic E-state index is 0.520. The van der Waals surface area contributed by atoms with E-state index in [1.165, 1.54) is 17.2 Å². The number of allylic oxidation sites excluding steroid dienone is 1. The highest BCUT2D eigenvalue weighted by atomic mass is 35.5. The van der Waals surface area contributed by atoms with Crippen molar-refractivity contribution in [3.63, 3.8) is 0 Å². The topological polar surface area (TPSA) is 17.1 Å². The Morgan fingerprint density at radius 3 is 2.00 bits per heavy atom. The number of halogens is 1. The molecule has 0 aliphatic carbocycles. The molecule has 2 heteroatoms. The van der Waals surface area contributed by atoms with Gasteiger partial charge in [-0.05, 0) is 61.6 Å². The maximum absolute atomic E-state index is 10.4. The number of benzene rings is 1. The molecule has 0 fully saturated rings. The molecule has 1 nitrogen and oxygen atoms in total. The van der Waals surface area contributed by atoms with E-state index in [-0.39, 0.29) is 0 Å². The standard InChI is InChI=1S/C13H15ClO/c1-8-7-9(2)11(4)13(10(8)3)12(14)5-6-15/h5-7H,1-4H3/b12-5-. The average Bonchev–Trinajstić information content (AvgIpc) is 2.16. The minimum Gasteiger partial charge on any atom is -0.299 e. The molecule has 0 radical (unpaired) electrons. The smallest absolute Gasteiger partial charge is 0.144 e. The van der Waals surface area contributed by atoms with Crippen LogP contribution in [0, 0.1) is 27.7 Å². The quantitative estimate of drug-likeness (QED) is 0.551. The van der Waals surface area contributed by atoms with Gasteiger partial charge in [-0.3, -0.25) is 4.79 Å². The highest BCUT2D eigenvalue weighted by Crippen LogP contribution is 2.29. The first-order chi connectivity index (χ1) is 6.99. The summed E-state index contributed by atoms with van der Waals surface area (Å²) in [6, 6.07) is 2.14. The van der Waals surface area contributed by atoms with Crippen molar-refractivity contribution < 1.29 is 4.79 Å². The third-order valence-corrected chi connectivity index (χ3v) is 3.13. The Balaban J connectivity index is 3.52. The first-order valence-electron chi connectivity index (χ1n) is 4.87. The van der Waals surface area contributed by atoms with Crippen molar-refractivity contribution in [2.24, 2.45) is 0 Å². The molecule has 0 N–H and O–H groups in total. The lowest BCUT2D eigenvalue weighted by atomic mass is 9.94. The van der Waals surface area contributed by atoms with Crippen molar-refractivity contribution in [1.29, 1.82) is 0 Å². The largest absolute Gasteiger partial charge is 0.299 e. The molecule has 80 valence electrons. The molecule has 0 unspecified atom stereocenters. The molecule has 0 saturated heterocycles. The summed E-state index contributed by atoms with van der Waals surface area (Å²) >= 11 is 6.09. The molecule has 0 bridgehead atoms. The third-order valence-electron chi connectivity index (χ3n) is 2.82. The van der Waals surface area contributed by atoms with Gasteiger partial charge in [0, 0.05) is 0 Å². The fourth-order valence-electron chi connectivity index (χ4n) is 1.72. The second kappa shape index (κ2) is 4.63. The zero-order chi connectivity index (χ0) is 11.6. The van der Waals surface area contributed by atoms with Crippen LogP contribution in [0.4, 0.5) is 0 Å². The summed E-state index contributed by atoms with van der Waals surface area (Å²) in [5, 5.41) is 0.520. The van der Waals surface area contributed by atoms with Gasteiger partial charge in [-0.15, -0.1) is 0 Å². The van der Waals surface area contributed by atoms with Crippen molar-refractivity contribution in [1.82, 2.24) is 0 Å². The molecule has 0 heterocycles. The van der Waals surface area contributed by atoms with Crippen molar-refractivity contribution in [3.8, 4) is 0 Å². The average molecular weight is 223 g/mol. The van der Waals surface area contributed by atoms with Gasteiger partial charge < -0.3 is 0 Å². The van der Waals surface area contributed by atoms with Crippen LogP contribution in [0.15, 0.2) is 12.1 Å². The van der Waals surface area contributed by atoms with Gasteiger partial charge in [0.05, 0.1) is 5.03 Å². The number of aldehydes is 1. The molecule has 15 heavy (non-hydrogen) atoms. The summed E-state index contributed by atoms with van der Waals surface area (Å²) in [6.45, 7) is 8.16. The van der Waals surface area contributed by atoms with Gasteiger partial charge in [0.1, 0.15) is 6.29 Å². The fraction of sp³-hybridized carbons (Fsp3) is 0.308. The molecular weight excluding hydrogens is 208 g/mol. The number of hydrogen-bond donors (Lipinski definition) is 0. The maximum Gasteiger partial charge on any atom is 0.144 e. The Bertz CT molecular complexity index is 404. The third kappa shape index (κ3) is 2.29. The van der Waals surface area contributed by atoms with Crippen LogP contribution >= 0.6 is 11.6 Å². The molecule has 1 aromatic carbocycles. The molecule has 0 atom stereocenters. The van der Waals surface area contributed by atoms with E-state index in [0.29, 0.717) is 5.03 Å². The van der Waals surface area contributed by atoms with Gasteiger partial charge >= 0.3 is 0 Å². The number of carbonyl (C=O) groups excluding carboxylic acids is 1. The zero-order valence-electron chi connectivity index (χ0n) is 9.52. The number of aryl methyl sites for hydroxylation is 2. The van der Waals surface area contributed by atoms with E-state index < -0.39 is 0 Å². The van der Waals surface area contributed by atoms with Gasteiger partial charge in [-0.2, -0.15) is 0 Å². The predicted molar refractivity (Wildman–Crippen MR) is 65.3 cm³/mol. The van der Waals surface area contributed by atoms with Crippen molar-refractivity contribution in [2.75, 3.05) is 0 Å². The summed E-state index contributed by atoms with van der Waals surface area (Å²) in [5.74, 6) is 0. The summed E-state index contributed by atoms with van der Waals surface area (Å²) in [4.78, 5) is 10.4. The van der Waals surface area contributed by atoms with Crippen LogP contribution in [-0.2, 0) is 4.79 Å². The molecule has 1 aromatic rings. The molecule has 0 amide bonds. The van der Waals surface area contributed by atoms with E-state index in [0.717, 1.165) is 23.0 Å². The summed E-state index contributed by atoms with van der Waals surface area (Å²) in [6.07, 6.45) is 2.12. The SMILES string of the molecule is Cc1cc(C)c(C)c(/C(Cl)=C/C=O)c1C. The van der Waals surface area contributed by atoms with Crippen LogP contribution in [0.3, 0.4) is 0 Å². The van der Waals surface area contributed by atoms with Gasteiger partial charge in [0.15, 0.2) is 0 Å². The highest BCUT2D eigenvalue weighted by Gasteiger charge is 2.10. The summed E-state index contributed by atoms with van der Waals surface area (Å²) in [7, 11) is 0. The van der Waals surface area contributed by atoms with Crippen LogP contribution in [0.2, 0.25) is 0 Å². The number of carbonyl (C=O) groups is 1. The van der Waals surface area contributed by atoms with Crippen molar-refractivity contribution in [2.45, 2.75) is 27.7 Å². The Morgan fingerprint density at radius 2 is 1.60 bits per heavy atom. The van der Waals surface area contributed by atoms with E-state index in [1.807, 2.05) is 13.8 Å². The van der Waals surface area contributed by atoms with Crippen LogP contribution in [0.5, 0.6) is 0 Å². The van der Waals surface area contributed by atoms with E-state index in [9.17, 15) is 4.79 Å². The molecule has 0 saturated carbocycles. The lowest BCUT2D eigenvalue weighted by molar-refractivity contribution is -0.104. The molecule has 0 aliphatic heterocycles.